The minimum Gasteiger partial charge on any atom is -0.355 e. The first-order valence-electron chi connectivity index (χ1n) is 4.12. The second-order valence-corrected chi connectivity index (χ2v) is 2.83. The Morgan fingerprint density at radius 3 is 2.25 bits per heavy atom. The highest BCUT2D eigenvalue weighted by atomic mass is 16.2. The molecule has 2 N–H and O–H groups in total. The molecule has 0 fully saturated rings. The van der Waals surface area contributed by atoms with Crippen LogP contribution in [0.25, 0.3) is 0 Å². The second-order valence-electron chi connectivity index (χ2n) is 2.83. The fourth-order valence-corrected chi connectivity index (χ4v) is 0.631. The van der Waals surface area contributed by atoms with Crippen LogP contribution in [0.3, 0.4) is 0 Å². The first kappa shape index (κ1) is 10.9. The third-order valence-electron chi connectivity index (χ3n) is 1.32. The summed E-state index contributed by atoms with van der Waals surface area (Å²) >= 11 is 0. The van der Waals surface area contributed by atoms with Gasteiger partial charge in [-0.1, -0.05) is 13.8 Å². The molecule has 0 aromatic heterocycles. The van der Waals surface area contributed by atoms with Crippen molar-refractivity contribution < 1.29 is 9.59 Å². The van der Waals surface area contributed by atoms with Crippen molar-refractivity contribution in [3.63, 3.8) is 0 Å². The molecule has 0 bridgehead atoms. The highest BCUT2D eigenvalue weighted by Gasteiger charge is 2.07. The molecule has 70 valence electrons. The van der Waals surface area contributed by atoms with E-state index in [2.05, 4.69) is 10.6 Å². The number of hydrogen-bond donors (Lipinski definition) is 2. The summed E-state index contributed by atoms with van der Waals surface area (Å²) in [7, 11) is 0. The third kappa shape index (κ3) is 4.71. The molecule has 0 heterocycles. The predicted octanol–water partition coefficient (Wildman–Crippen LogP) is -0.105. The lowest BCUT2D eigenvalue weighted by Gasteiger charge is -2.06. The molecule has 0 rings (SSSR count). The van der Waals surface area contributed by atoms with Crippen molar-refractivity contribution in [3.05, 3.63) is 0 Å². The lowest BCUT2D eigenvalue weighted by atomic mass is 10.2. The van der Waals surface area contributed by atoms with E-state index >= 15 is 0 Å². The lowest BCUT2D eigenvalue weighted by molar-refractivity contribution is -0.127. The molecule has 4 nitrogen and oxygen atoms in total. The van der Waals surface area contributed by atoms with Gasteiger partial charge in [-0.25, -0.2) is 0 Å². The normalized spacial score (nSPS) is 9.67. The zero-order valence-corrected chi connectivity index (χ0v) is 7.81. The van der Waals surface area contributed by atoms with Gasteiger partial charge in [-0.3, -0.25) is 9.59 Å². The maximum absolute atomic E-state index is 11.0. The molecule has 12 heavy (non-hydrogen) atoms. The van der Waals surface area contributed by atoms with Crippen LogP contribution in [-0.4, -0.2) is 24.9 Å². The Labute approximate surface area is 72.7 Å². The van der Waals surface area contributed by atoms with E-state index in [4.69, 9.17) is 0 Å². The number of hydrogen-bond acceptors (Lipinski definition) is 2. The van der Waals surface area contributed by atoms with Gasteiger partial charge in [0.1, 0.15) is 0 Å². The third-order valence-corrected chi connectivity index (χ3v) is 1.32. The molecule has 0 atom stereocenters. The SMILES string of the molecule is CCNC(=O)CNC(=O)C(C)C. The Balaban J connectivity index is 3.54. The minimum atomic E-state index is -0.147. The van der Waals surface area contributed by atoms with Crippen molar-refractivity contribution in [2.75, 3.05) is 13.1 Å². The zero-order chi connectivity index (χ0) is 9.56. The number of nitrogens with one attached hydrogen (secondary N) is 2. The van der Waals surface area contributed by atoms with E-state index in [9.17, 15) is 9.59 Å². The largest absolute Gasteiger partial charge is 0.355 e. The summed E-state index contributed by atoms with van der Waals surface area (Å²) in [6.45, 7) is 6.07. The Morgan fingerprint density at radius 1 is 1.25 bits per heavy atom. The van der Waals surface area contributed by atoms with Crippen LogP contribution in [0.5, 0.6) is 0 Å². The van der Waals surface area contributed by atoms with E-state index in [0.717, 1.165) is 0 Å². The zero-order valence-electron chi connectivity index (χ0n) is 7.81. The summed E-state index contributed by atoms with van der Waals surface area (Å²) in [5, 5.41) is 5.10. The van der Waals surface area contributed by atoms with Crippen molar-refractivity contribution in [1.29, 1.82) is 0 Å². The number of carbonyl (C=O) groups is 2. The number of likely N-dealkylation sites (N-methyl/N-ethyl adjacent to an activating group) is 1. The van der Waals surface area contributed by atoms with Crippen molar-refractivity contribution >= 4 is 11.8 Å². The van der Waals surface area contributed by atoms with Gasteiger partial charge in [-0.15, -0.1) is 0 Å². The van der Waals surface area contributed by atoms with Crippen LogP contribution in [0.2, 0.25) is 0 Å². The van der Waals surface area contributed by atoms with Crippen molar-refractivity contribution in [2.24, 2.45) is 5.92 Å². The Hall–Kier alpha value is -1.06. The van der Waals surface area contributed by atoms with Crippen LogP contribution in [-0.2, 0) is 9.59 Å². The molecule has 0 unspecified atom stereocenters. The second kappa shape index (κ2) is 5.57. The maximum atomic E-state index is 11.0. The minimum absolute atomic E-state index is 0.0700. The van der Waals surface area contributed by atoms with Gasteiger partial charge in [-0.05, 0) is 6.92 Å². The molecule has 0 radical (unpaired) electrons. The fraction of sp³-hybridized carbons (Fsp3) is 0.750. The first-order valence-corrected chi connectivity index (χ1v) is 4.12. The summed E-state index contributed by atoms with van der Waals surface area (Å²) in [6, 6.07) is 0. The quantitative estimate of drug-likeness (QED) is 0.622. The maximum Gasteiger partial charge on any atom is 0.239 e. The van der Waals surface area contributed by atoms with E-state index < -0.39 is 0 Å². The van der Waals surface area contributed by atoms with Crippen LogP contribution >= 0.6 is 0 Å². The molecule has 2 amide bonds. The number of carbonyl (C=O) groups excluding carboxylic acids is 2. The summed E-state index contributed by atoms with van der Waals surface area (Å²) in [5.74, 6) is -0.313. The Bertz CT molecular complexity index is 166. The van der Waals surface area contributed by atoms with Crippen LogP contribution in [0.15, 0.2) is 0 Å². The summed E-state index contributed by atoms with van der Waals surface area (Å²) < 4.78 is 0. The monoisotopic (exact) mass is 172 g/mol. The first-order chi connectivity index (χ1) is 5.57. The molecule has 4 heteroatoms. The van der Waals surface area contributed by atoms with E-state index in [1.54, 1.807) is 13.8 Å². The fourth-order valence-electron chi connectivity index (χ4n) is 0.631. The summed E-state index contributed by atoms with van der Waals surface area (Å²) in [4.78, 5) is 21.8. The van der Waals surface area contributed by atoms with Gasteiger partial charge in [0.05, 0.1) is 6.54 Å². The van der Waals surface area contributed by atoms with Crippen molar-refractivity contribution in [2.45, 2.75) is 20.8 Å². The van der Waals surface area contributed by atoms with Gasteiger partial charge in [0.15, 0.2) is 0 Å². The van der Waals surface area contributed by atoms with E-state index in [0.29, 0.717) is 6.54 Å². The van der Waals surface area contributed by atoms with Crippen molar-refractivity contribution in [3.8, 4) is 0 Å². The molecule has 0 saturated heterocycles. The van der Waals surface area contributed by atoms with Crippen LogP contribution < -0.4 is 10.6 Å². The highest BCUT2D eigenvalue weighted by Crippen LogP contribution is 1.88. The van der Waals surface area contributed by atoms with Crippen LogP contribution in [0.1, 0.15) is 20.8 Å². The molecule has 0 aliphatic heterocycles. The molecule has 0 aromatic rings. The molecular weight excluding hydrogens is 156 g/mol. The average molecular weight is 172 g/mol. The van der Waals surface area contributed by atoms with E-state index in [-0.39, 0.29) is 24.3 Å². The van der Waals surface area contributed by atoms with E-state index in [1.165, 1.54) is 0 Å². The van der Waals surface area contributed by atoms with Gasteiger partial charge < -0.3 is 10.6 Å². The topological polar surface area (TPSA) is 58.2 Å². The Morgan fingerprint density at radius 2 is 1.83 bits per heavy atom. The molecule has 0 aliphatic carbocycles. The molecule has 0 spiro atoms. The smallest absolute Gasteiger partial charge is 0.239 e. The van der Waals surface area contributed by atoms with Crippen molar-refractivity contribution in [1.82, 2.24) is 10.6 Å². The molecule has 0 aliphatic rings. The summed E-state index contributed by atoms with van der Waals surface area (Å²) in [5.41, 5.74) is 0. The Kier molecular flexibility index (Phi) is 5.08. The average Bonchev–Trinajstić information content (AvgIpc) is 2.00. The van der Waals surface area contributed by atoms with Crippen LogP contribution in [0.4, 0.5) is 0 Å². The van der Waals surface area contributed by atoms with Gasteiger partial charge >= 0.3 is 0 Å². The number of amides is 2. The van der Waals surface area contributed by atoms with Gasteiger partial charge in [0.25, 0.3) is 0 Å². The lowest BCUT2D eigenvalue weighted by Crippen LogP contribution is -2.38. The predicted molar refractivity (Wildman–Crippen MR) is 46.5 cm³/mol. The van der Waals surface area contributed by atoms with E-state index in [1.807, 2.05) is 6.92 Å². The van der Waals surface area contributed by atoms with Gasteiger partial charge in [0.2, 0.25) is 11.8 Å². The molecular formula is C8H16N2O2. The molecule has 0 saturated carbocycles. The highest BCUT2D eigenvalue weighted by molar-refractivity contribution is 5.85. The summed E-state index contributed by atoms with van der Waals surface area (Å²) in [6.07, 6.45) is 0. The van der Waals surface area contributed by atoms with Crippen LogP contribution in [0, 0.1) is 5.92 Å². The van der Waals surface area contributed by atoms with Gasteiger partial charge in [0, 0.05) is 12.5 Å². The number of rotatable bonds is 4. The molecule has 0 aromatic carbocycles. The van der Waals surface area contributed by atoms with Gasteiger partial charge in [-0.2, -0.15) is 0 Å². The standard InChI is InChI=1S/C8H16N2O2/c1-4-9-7(11)5-10-8(12)6(2)3/h6H,4-5H2,1-3H3,(H,9,11)(H,10,12).